The highest BCUT2D eigenvalue weighted by Gasteiger charge is 2.36. The van der Waals surface area contributed by atoms with E-state index in [1.54, 1.807) is 60.7 Å². The molecule has 0 spiro atoms. The monoisotopic (exact) mass is 473 g/mol. The molecule has 1 saturated heterocycles. The van der Waals surface area contributed by atoms with E-state index in [1.807, 2.05) is 6.92 Å². The molecule has 9 heteroatoms. The lowest BCUT2D eigenvalue weighted by Crippen LogP contribution is -2.36. The van der Waals surface area contributed by atoms with Gasteiger partial charge >= 0.3 is 0 Å². The standard InChI is InChI=1S/C25H19N3O5S/c1-2-32-19-9-7-18(8-10-19)27-23(29)15-28-24(30)22(34-25(28)31)13-20-11-12-21(33-20)17-5-3-16(14-26)4-6-17/h3-13H,2,15H2,1H3,(H,27,29)/b22-13-. The van der Waals surface area contributed by atoms with Gasteiger partial charge in [-0.2, -0.15) is 5.26 Å². The van der Waals surface area contributed by atoms with Crippen LogP contribution in [-0.4, -0.2) is 35.1 Å². The lowest BCUT2D eigenvalue weighted by molar-refractivity contribution is -0.127. The molecule has 2 aromatic carbocycles. The maximum absolute atomic E-state index is 12.7. The molecule has 2 heterocycles. The maximum atomic E-state index is 12.7. The smallest absolute Gasteiger partial charge is 0.294 e. The molecule has 34 heavy (non-hydrogen) atoms. The SMILES string of the molecule is CCOc1ccc(NC(=O)CN2C(=O)S/C(=C\c3ccc(-c4ccc(C#N)cc4)o3)C2=O)cc1. The Labute approximate surface area is 199 Å². The number of hydrogen-bond acceptors (Lipinski definition) is 7. The van der Waals surface area contributed by atoms with Gasteiger partial charge < -0.3 is 14.5 Å². The van der Waals surface area contributed by atoms with Gasteiger partial charge in [0.2, 0.25) is 5.91 Å². The maximum Gasteiger partial charge on any atom is 0.294 e. The number of thioether (sulfide) groups is 1. The van der Waals surface area contributed by atoms with Crippen molar-refractivity contribution in [2.45, 2.75) is 6.92 Å². The van der Waals surface area contributed by atoms with Crippen molar-refractivity contribution in [3.8, 4) is 23.1 Å². The van der Waals surface area contributed by atoms with Crippen LogP contribution in [0.3, 0.4) is 0 Å². The average molecular weight is 474 g/mol. The van der Waals surface area contributed by atoms with E-state index >= 15 is 0 Å². The molecule has 3 aromatic rings. The Morgan fingerprint density at radius 1 is 1.12 bits per heavy atom. The fourth-order valence-electron chi connectivity index (χ4n) is 3.21. The summed E-state index contributed by atoms with van der Waals surface area (Å²) in [4.78, 5) is 38.5. The lowest BCUT2D eigenvalue weighted by atomic mass is 10.1. The van der Waals surface area contributed by atoms with Gasteiger partial charge in [0.1, 0.15) is 23.8 Å². The van der Waals surface area contributed by atoms with E-state index in [0.29, 0.717) is 35.1 Å². The molecule has 4 rings (SSSR count). The van der Waals surface area contributed by atoms with E-state index in [2.05, 4.69) is 11.4 Å². The van der Waals surface area contributed by atoms with E-state index in [-0.39, 0.29) is 4.91 Å². The summed E-state index contributed by atoms with van der Waals surface area (Å²) in [5.41, 5.74) is 1.84. The summed E-state index contributed by atoms with van der Waals surface area (Å²) in [7, 11) is 0. The molecule has 1 aromatic heterocycles. The molecular weight excluding hydrogens is 454 g/mol. The number of carbonyl (C=O) groups excluding carboxylic acids is 3. The molecule has 0 unspecified atom stereocenters. The fourth-order valence-corrected chi connectivity index (χ4v) is 4.02. The molecular formula is C25H19N3O5S. The third kappa shape index (κ3) is 5.19. The number of amides is 3. The van der Waals surface area contributed by atoms with Crippen LogP contribution >= 0.6 is 11.8 Å². The number of hydrogen-bond donors (Lipinski definition) is 1. The third-order valence-corrected chi connectivity index (χ3v) is 5.73. The minimum Gasteiger partial charge on any atom is -0.494 e. The van der Waals surface area contributed by atoms with Crippen LogP contribution in [0.2, 0.25) is 0 Å². The van der Waals surface area contributed by atoms with E-state index in [0.717, 1.165) is 22.2 Å². The summed E-state index contributed by atoms with van der Waals surface area (Å²) in [5, 5.41) is 11.0. The van der Waals surface area contributed by atoms with Crippen molar-refractivity contribution in [1.82, 2.24) is 4.90 Å². The number of nitrogens with zero attached hydrogens (tertiary/aromatic N) is 2. The molecule has 0 bridgehead atoms. The second-order valence-corrected chi connectivity index (χ2v) is 8.16. The van der Waals surface area contributed by atoms with Crippen LogP contribution < -0.4 is 10.1 Å². The van der Waals surface area contributed by atoms with Crippen molar-refractivity contribution in [1.29, 1.82) is 5.26 Å². The zero-order chi connectivity index (χ0) is 24.1. The molecule has 1 fully saturated rings. The van der Waals surface area contributed by atoms with Gasteiger partial charge in [-0.3, -0.25) is 19.3 Å². The van der Waals surface area contributed by atoms with E-state index in [9.17, 15) is 14.4 Å². The topological polar surface area (TPSA) is 113 Å². The lowest BCUT2D eigenvalue weighted by Gasteiger charge is -2.12. The number of furan rings is 1. The molecule has 3 amide bonds. The number of carbonyl (C=O) groups is 3. The van der Waals surface area contributed by atoms with Crippen LogP contribution in [0.15, 0.2) is 70.0 Å². The van der Waals surface area contributed by atoms with Gasteiger partial charge in [0.25, 0.3) is 11.1 Å². The van der Waals surface area contributed by atoms with Crippen LogP contribution in [-0.2, 0) is 9.59 Å². The number of rotatable bonds is 7. The number of anilines is 1. The first-order valence-corrected chi connectivity index (χ1v) is 11.2. The third-order valence-electron chi connectivity index (χ3n) is 4.82. The summed E-state index contributed by atoms with van der Waals surface area (Å²) < 4.78 is 11.1. The van der Waals surface area contributed by atoms with Crippen molar-refractivity contribution >= 4 is 40.6 Å². The number of nitriles is 1. The zero-order valence-electron chi connectivity index (χ0n) is 18.1. The van der Waals surface area contributed by atoms with Gasteiger partial charge in [-0.15, -0.1) is 0 Å². The van der Waals surface area contributed by atoms with Crippen LogP contribution in [0.25, 0.3) is 17.4 Å². The van der Waals surface area contributed by atoms with Gasteiger partial charge in [-0.1, -0.05) is 0 Å². The summed E-state index contributed by atoms with van der Waals surface area (Å²) in [5.74, 6) is 0.576. The Bertz CT molecular complexity index is 1300. The van der Waals surface area contributed by atoms with Gasteiger partial charge in [-0.25, -0.2) is 0 Å². The van der Waals surface area contributed by atoms with Crippen LogP contribution in [0.4, 0.5) is 10.5 Å². The molecule has 1 aliphatic heterocycles. The highest BCUT2D eigenvalue weighted by molar-refractivity contribution is 8.18. The van der Waals surface area contributed by atoms with Gasteiger partial charge in [0, 0.05) is 17.3 Å². The number of ether oxygens (including phenoxy) is 1. The van der Waals surface area contributed by atoms with Gasteiger partial charge in [0.15, 0.2) is 0 Å². The Balaban J connectivity index is 1.40. The summed E-state index contributed by atoms with van der Waals surface area (Å²) >= 11 is 0.748. The first-order valence-electron chi connectivity index (χ1n) is 10.4. The summed E-state index contributed by atoms with van der Waals surface area (Å²) in [6.45, 7) is 2.01. The summed E-state index contributed by atoms with van der Waals surface area (Å²) in [6.07, 6.45) is 1.47. The Kier molecular flexibility index (Phi) is 6.80. The van der Waals surface area contributed by atoms with Crippen LogP contribution in [0, 0.1) is 11.3 Å². The van der Waals surface area contributed by atoms with Crippen LogP contribution in [0.1, 0.15) is 18.2 Å². The van der Waals surface area contributed by atoms with Gasteiger partial charge in [-0.05, 0) is 79.3 Å². The highest BCUT2D eigenvalue weighted by atomic mass is 32.2. The van der Waals surface area contributed by atoms with Gasteiger partial charge in [0.05, 0.1) is 23.1 Å². The molecule has 0 radical (unpaired) electrons. The van der Waals surface area contributed by atoms with Crippen molar-refractivity contribution in [2.24, 2.45) is 0 Å². The average Bonchev–Trinajstić information content (AvgIpc) is 3.41. The Hall–Kier alpha value is -4.29. The summed E-state index contributed by atoms with van der Waals surface area (Å²) in [6, 6.07) is 19.2. The molecule has 0 saturated carbocycles. The minimum absolute atomic E-state index is 0.166. The van der Waals surface area contributed by atoms with Crippen molar-refractivity contribution in [3.05, 3.63) is 76.9 Å². The zero-order valence-corrected chi connectivity index (χ0v) is 18.9. The minimum atomic E-state index is -0.562. The second kappa shape index (κ2) is 10.1. The predicted octanol–water partition coefficient (Wildman–Crippen LogP) is 4.89. The normalized spacial score (nSPS) is 14.4. The number of nitrogens with one attached hydrogen (secondary N) is 1. The molecule has 1 N–H and O–H groups in total. The van der Waals surface area contributed by atoms with E-state index in [4.69, 9.17) is 14.4 Å². The largest absolute Gasteiger partial charge is 0.494 e. The molecule has 1 aliphatic rings. The van der Waals surface area contributed by atoms with E-state index in [1.165, 1.54) is 6.08 Å². The van der Waals surface area contributed by atoms with Crippen LogP contribution in [0.5, 0.6) is 5.75 Å². The molecule has 0 aliphatic carbocycles. The molecule has 8 nitrogen and oxygen atoms in total. The second-order valence-electron chi connectivity index (χ2n) is 7.16. The highest BCUT2D eigenvalue weighted by Crippen LogP contribution is 2.33. The molecule has 170 valence electrons. The Morgan fingerprint density at radius 3 is 2.53 bits per heavy atom. The molecule has 0 atom stereocenters. The number of imide groups is 1. The van der Waals surface area contributed by atoms with Crippen molar-refractivity contribution < 1.29 is 23.5 Å². The van der Waals surface area contributed by atoms with Crippen molar-refractivity contribution in [3.63, 3.8) is 0 Å². The first-order chi connectivity index (χ1) is 16.5. The number of benzene rings is 2. The van der Waals surface area contributed by atoms with Crippen molar-refractivity contribution in [2.75, 3.05) is 18.5 Å². The first kappa shape index (κ1) is 22.9. The fraction of sp³-hybridized carbons (Fsp3) is 0.120. The quantitative estimate of drug-likeness (QED) is 0.486. The Morgan fingerprint density at radius 2 is 1.85 bits per heavy atom. The van der Waals surface area contributed by atoms with E-state index < -0.39 is 23.6 Å². The predicted molar refractivity (Wildman–Crippen MR) is 128 cm³/mol.